The van der Waals surface area contributed by atoms with Crippen LogP contribution < -0.4 is 11.1 Å². The fourth-order valence-electron chi connectivity index (χ4n) is 1.82. The Labute approximate surface area is 127 Å². The third-order valence-corrected chi connectivity index (χ3v) is 4.59. The van der Waals surface area contributed by atoms with Gasteiger partial charge in [-0.05, 0) is 59.9 Å². The topological polar surface area (TPSA) is 55.1 Å². The van der Waals surface area contributed by atoms with Gasteiger partial charge in [-0.3, -0.25) is 4.79 Å². The first kappa shape index (κ1) is 15.7. The van der Waals surface area contributed by atoms with E-state index in [1.165, 1.54) is 12.8 Å². The Morgan fingerprint density at radius 2 is 2.22 bits per heavy atom. The standard InChI is InChI=1S/C13H17IN2O.ClH/c1-8-3-2-4-10(12(8)14)13(17)16-7-11(15)9-5-6-9;/h2-4,9,11H,5-7,15H2,1H3,(H,16,17);1H. The molecule has 3 nitrogen and oxygen atoms in total. The highest BCUT2D eigenvalue weighted by atomic mass is 127. The van der Waals surface area contributed by atoms with Gasteiger partial charge in [0.25, 0.3) is 5.91 Å². The molecular formula is C13H18ClIN2O. The Bertz CT molecular complexity index is 435. The predicted molar refractivity (Wildman–Crippen MR) is 84.2 cm³/mol. The summed E-state index contributed by atoms with van der Waals surface area (Å²) < 4.78 is 1.02. The summed E-state index contributed by atoms with van der Waals surface area (Å²) in [6.45, 7) is 2.59. The number of benzene rings is 1. The fraction of sp³-hybridized carbons (Fsp3) is 0.462. The molecule has 1 aromatic carbocycles. The van der Waals surface area contributed by atoms with Crippen molar-refractivity contribution in [1.82, 2.24) is 5.32 Å². The number of carbonyl (C=O) groups excluding carboxylic acids is 1. The van der Waals surface area contributed by atoms with E-state index in [2.05, 4.69) is 27.9 Å². The maximum atomic E-state index is 12.0. The second kappa shape index (κ2) is 6.73. The van der Waals surface area contributed by atoms with Crippen LogP contribution in [-0.4, -0.2) is 18.5 Å². The summed E-state index contributed by atoms with van der Waals surface area (Å²) in [7, 11) is 0. The van der Waals surface area contributed by atoms with Crippen LogP contribution in [-0.2, 0) is 0 Å². The first-order chi connectivity index (χ1) is 8.09. The molecular weight excluding hydrogens is 363 g/mol. The van der Waals surface area contributed by atoms with E-state index in [0.29, 0.717) is 12.5 Å². The van der Waals surface area contributed by atoms with Gasteiger partial charge in [0.05, 0.1) is 5.56 Å². The lowest BCUT2D eigenvalue weighted by molar-refractivity contribution is 0.0949. The molecule has 0 aliphatic heterocycles. The number of amides is 1. The molecule has 100 valence electrons. The summed E-state index contributed by atoms with van der Waals surface area (Å²) in [5.41, 5.74) is 7.83. The van der Waals surface area contributed by atoms with Gasteiger partial charge in [0.15, 0.2) is 0 Å². The summed E-state index contributed by atoms with van der Waals surface area (Å²) in [5.74, 6) is 0.598. The molecule has 5 heteroatoms. The van der Waals surface area contributed by atoms with Crippen LogP contribution in [0.3, 0.4) is 0 Å². The number of nitrogens with two attached hydrogens (primary N) is 1. The first-order valence-electron chi connectivity index (χ1n) is 5.88. The zero-order valence-corrected chi connectivity index (χ0v) is 13.3. The van der Waals surface area contributed by atoms with E-state index in [-0.39, 0.29) is 24.4 Å². The third kappa shape index (κ3) is 3.83. The smallest absolute Gasteiger partial charge is 0.252 e. The summed E-state index contributed by atoms with van der Waals surface area (Å²) in [6, 6.07) is 5.88. The number of aryl methyl sites for hydroxylation is 1. The van der Waals surface area contributed by atoms with Crippen LogP contribution in [0.15, 0.2) is 18.2 Å². The molecule has 0 saturated heterocycles. The second-order valence-electron chi connectivity index (χ2n) is 4.65. The van der Waals surface area contributed by atoms with Gasteiger partial charge in [0, 0.05) is 16.2 Å². The molecule has 0 bridgehead atoms. The molecule has 1 aliphatic rings. The lowest BCUT2D eigenvalue weighted by Gasteiger charge is -2.12. The quantitative estimate of drug-likeness (QED) is 0.789. The number of nitrogens with one attached hydrogen (secondary N) is 1. The van der Waals surface area contributed by atoms with E-state index in [4.69, 9.17) is 5.73 Å². The van der Waals surface area contributed by atoms with Crippen molar-refractivity contribution in [3.63, 3.8) is 0 Å². The zero-order valence-electron chi connectivity index (χ0n) is 10.3. The maximum Gasteiger partial charge on any atom is 0.252 e. The van der Waals surface area contributed by atoms with Gasteiger partial charge >= 0.3 is 0 Å². The van der Waals surface area contributed by atoms with Crippen molar-refractivity contribution < 1.29 is 4.79 Å². The van der Waals surface area contributed by atoms with Crippen molar-refractivity contribution >= 4 is 40.9 Å². The van der Waals surface area contributed by atoms with Crippen molar-refractivity contribution in [2.75, 3.05) is 6.54 Å². The first-order valence-corrected chi connectivity index (χ1v) is 6.96. The molecule has 0 heterocycles. The highest BCUT2D eigenvalue weighted by Gasteiger charge is 2.28. The highest BCUT2D eigenvalue weighted by molar-refractivity contribution is 14.1. The molecule has 1 unspecified atom stereocenters. The van der Waals surface area contributed by atoms with Crippen molar-refractivity contribution in [1.29, 1.82) is 0 Å². The summed E-state index contributed by atoms with van der Waals surface area (Å²) in [5, 5.41) is 2.92. The van der Waals surface area contributed by atoms with Crippen LogP contribution in [0, 0.1) is 16.4 Å². The Balaban J connectivity index is 0.00000162. The molecule has 0 aromatic heterocycles. The lowest BCUT2D eigenvalue weighted by atomic mass is 10.1. The van der Waals surface area contributed by atoms with Gasteiger partial charge in [-0.15, -0.1) is 12.4 Å². The molecule has 1 fully saturated rings. The van der Waals surface area contributed by atoms with Crippen molar-refractivity contribution in [3.8, 4) is 0 Å². The molecule has 2 rings (SSSR count). The Morgan fingerprint density at radius 1 is 1.56 bits per heavy atom. The van der Waals surface area contributed by atoms with E-state index < -0.39 is 0 Å². The minimum atomic E-state index is -0.0193. The Kier molecular flexibility index (Phi) is 5.88. The minimum absolute atomic E-state index is 0. The van der Waals surface area contributed by atoms with Crippen molar-refractivity contribution in [2.45, 2.75) is 25.8 Å². The summed E-state index contributed by atoms with van der Waals surface area (Å²) in [6.07, 6.45) is 2.41. The van der Waals surface area contributed by atoms with E-state index in [9.17, 15) is 4.79 Å². The predicted octanol–water partition coefficient (Wildman–Crippen LogP) is 2.49. The van der Waals surface area contributed by atoms with Crippen molar-refractivity contribution in [3.05, 3.63) is 32.9 Å². The maximum absolute atomic E-state index is 12.0. The van der Waals surface area contributed by atoms with E-state index in [0.717, 1.165) is 14.7 Å². The van der Waals surface area contributed by atoms with Crippen LogP contribution in [0.4, 0.5) is 0 Å². The lowest BCUT2D eigenvalue weighted by Crippen LogP contribution is -2.38. The fourth-order valence-corrected chi connectivity index (χ4v) is 2.42. The van der Waals surface area contributed by atoms with Gasteiger partial charge < -0.3 is 11.1 Å². The molecule has 1 atom stereocenters. The van der Waals surface area contributed by atoms with Crippen LogP contribution >= 0.6 is 35.0 Å². The molecule has 3 N–H and O–H groups in total. The van der Waals surface area contributed by atoms with Gasteiger partial charge in [0.1, 0.15) is 0 Å². The number of halogens is 2. The third-order valence-electron chi connectivity index (χ3n) is 3.16. The number of rotatable bonds is 4. The summed E-state index contributed by atoms with van der Waals surface area (Å²) >= 11 is 2.21. The van der Waals surface area contributed by atoms with E-state index in [1.807, 2.05) is 25.1 Å². The monoisotopic (exact) mass is 380 g/mol. The number of hydrogen-bond donors (Lipinski definition) is 2. The van der Waals surface area contributed by atoms with E-state index >= 15 is 0 Å². The highest BCUT2D eigenvalue weighted by Crippen LogP contribution is 2.31. The largest absolute Gasteiger partial charge is 0.350 e. The normalized spacial score (nSPS) is 15.7. The van der Waals surface area contributed by atoms with Gasteiger partial charge in [-0.2, -0.15) is 0 Å². The van der Waals surface area contributed by atoms with Crippen LogP contribution in [0.5, 0.6) is 0 Å². The second-order valence-corrected chi connectivity index (χ2v) is 5.73. The zero-order chi connectivity index (χ0) is 12.4. The Hall–Kier alpha value is -0.330. The molecule has 1 aliphatic carbocycles. The van der Waals surface area contributed by atoms with Crippen LogP contribution in [0.1, 0.15) is 28.8 Å². The molecule has 18 heavy (non-hydrogen) atoms. The van der Waals surface area contributed by atoms with E-state index in [1.54, 1.807) is 0 Å². The van der Waals surface area contributed by atoms with Gasteiger partial charge in [0.2, 0.25) is 0 Å². The van der Waals surface area contributed by atoms with Gasteiger partial charge in [-0.25, -0.2) is 0 Å². The number of carbonyl (C=O) groups is 1. The van der Waals surface area contributed by atoms with Crippen molar-refractivity contribution in [2.24, 2.45) is 11.7 Å². The average Bonchev–Trinajstić information content (AvgIpc) is 3.13. The van der Waals surface area contributed by atoms with Gasteiger partial charge in [-0.1, -0.05) is 12.1 Å². The molecule has 1 saturated carbocycles. The SMILES string of the molecule is Cc1cccc(C(=O)NCC(N)C2CC2)c1I.Cl. The Morgan fingerprint density at radius 3 is 2.83 bits per heavy atom. The molecule has 1 aromatic rings. The molecule has 1 amide bonds. The number of hydrogen-bond acceptors (Lipinski definition) is 2. The minimum Gasteiger partial charge on any atom is -0.350 e. The average molecular weight is 381 g/mol. The molecule has 0 spiro atoms. The summed E-state index contributed by atoms with van der Waals surface area (Å²) in [4.78, 5) is 12.0. The van der Waals surface area contributed by atoms with Crippen LogP contribution in [0.25, 0.3) is 0 Å². The molecule has 0 radical (unpaired) electrons. The van der Waals surface area contributed by atoms with Crippen LogP contribution in [0.2, 0.25) is 0 Å².